The molecule has 0 unspecified atom stereocenters. The number of amides is 1. The summed E-state index contributed by atoms with van der Waals surface area (Å²) in [5.41, 5.74) is 2.32. The number of thiocarbonyl (C=S) groups is 1. The van der Waals surface area contributed by atoms with Crippen LogP contribution in [0.3, 0.4) is 0 Å². The van der Waals surface area contributed by atoms with Crippen molar-refractivity contribution >= 4 is 38.9 Å². The summed E-state index contributed by atoms with van der Waals surface area (Å²) >= 11 is 5.39. The molecule has 182 valence electrons. The van der Waals surface area contributed by atoms with E-state index in [0.717, 1.165) is 36.8 Å². The first-order valence-electron chi connectivity index (χ1n) is 11.8. The molecule has 3 aromatic carbocycles. The molecule has 35 heavy (non-hydrogen) atoms. The smallest absolute Gasteiger partial charge is 0.243 e. The molecule has 4 rings (SSSR count). The highest BCUT2D eigenvalue weighted by Crippen LogP contribution is 2.25. The van der Waals surface area contributed by atoms with Gasteiger partial charge in [-0.2, -0.15) is 4.31 Å². The molecular formula is C27H29N3O3S2. The molecule has 0 radical (unpaired) electrons. The number of nitrogens with one attached hydrogen (secondary N) is 2. The van der Waals surface area contributed by atoms with Gasteiger partial charge >= 0.3 is 0 Å². The Labute approximate surface area is 212 Å². The van der Waals surface area contributed by atoms with E-state index in [1.807, 2.05) is 60.7 Å². The van der Waals surface area contributed by atoms with Crippen molar-refractivity contribution in [1.82, 2.24) is 9.62 Å². The van der Waals surface area contributed by atoms with Crippen LogP contribution in [0, 0.1) is 0 Å². The van der Waals surface area contributed by atoms with E-state index in [9.17, 15) is 13.2 Å². The van der Waals surface area contributed by atoms with Gasteiger partial charge in [0.25, 0.3) is 0 Å². The predicted octanol–water partition coefficient (Wildman–Crippen LogP) is 4.90. The van der Waals surface area contributed by atoms with E-state index in [1.54, 1.807) is 28.6 Å². The summed E-state index contributed by atoms with van der Waals surface area (Å²) in [5.74, 6) is -0.765. The average Bonchev–Trinajstić information content (AvgIpc) is 3.16. The maximum absolute atomic E-state index is 13.2. The maximum atomic E-state index is 13.2. The summed E-state index contributed by atoms with van der Waals surface area (Å²) in [7, 11) is -3.52. The average molecular weight is 508 g/mol. The number of sulfonamides is 1. The van der Waals surface area contributed by atoms with Gasteiger partial charge in [0, 0.05) is 18.8 Å². The number of carbonyl (C=O) groups excluding carboxylic acids is 1. The molecule has 1 aliphatic rings. The van der Waals surface area contributed by atoms with Crippen molar-refractivity contribution < 1.29 is 13.2 Å². The second-order valence-electron chi connectivity index (χ2n) is 8.54. The molecule has 1 heterocycles. The molecule has 8 heteroatoms. The number of carbonyl (C=O) groups is 1. The van der Waals surface area contributed by atoms with Crippen molar-refractivity contribution in [3.05, 3.63) is 96.1 Å². The Balaban J connectivity index is 1.43. The lowest BCUT2D eigenvalue weighted by molar-refractivity contribution is -0.120. The quantitative estimate of drug-likeness (QED) is 0.464. The van der Waals surface area contributed by atoms with Crippen molar-refractivity contribution in [2.45, 2.75) is 36.5 Å². The molecule has 6 nitrogen and oxygen atoms in total. The highest BCUT2D eigenvalue weighted by molar-refractivity contribution is 7.89. The van der Waals surface area contributed by atoms with E-state index >= 15 is 0 Å². The fourth-order valence-corrected chi connectivity index (χ4v) is 6.01. The normalized spacial score (nSPS) is 14.8. The van der Waals surface area contributed by atoms with Crippen molar-refractivity contribution in [3.8, 4) is 0 Å². The van der Waals surface area contributed by atoms with Crippen LogP contribution in [-0.4, -0.2) is 36.8 Å². The fourth-order valence-electron chi connectivity index (χ4n) is 4.27. The zero-order chi connectivity index (χ0) is 24.7. The first-order valence-corrected chi connectivity index (χ1v) is 13.6. The SMILES string of the molecule is O=C(NC(=S)Nc1ccc(S(=O)(=O)N2CCCCCC2)cc1)C(c1ccccc1)c1ccccc1. The summed E-state index contributed by atoms with van der Waals surface area (Å²) in [6, 6.07) is 25.5. The van der Waals surface area contributed by atoms with Gasteiger partial charge in [0.2, 0.25) is 15.9 Å². The minimum absolute atomic E-state index is 0.148. The van der Waals surface area contributed by atoms with Gasteiger partial charge in [-0.3, -0.25) is 4.79 Å². The van der Waals surface area contributed by atoms with Crippen LogP contribution in [-0.2, 0) is 14.8 Å². The number of nitrogens with zero attached hydrogens (tertiary/aromatic N) is 1. The van der Waals surface area contributed by atoms with Crippen LogP contribution in [0.1, 0.15) is 42.7 Å². The van der Waals surface area contributed by atoms with Gasteiger partial charge in [0.15, 0.2) is 5.11 Å². The van der Waals surface area contributed by atoms with E-state index < -0.39 is 15.9 Å². The van der Waals surface area contributed by atoms with Crippen molar-refractivity contribution in [2.24, 2.45) is 0 Å². The monoisotopic (exact) mass is 507 g/mol. The van der Waals surface area contributed by atoms with E-state index in [4.69, 9.17) is 12.2 Å². The van der Waals surface area contributed by atoms with Crippen LogP contribution in [0.25, 0.3) is 0 Å². The van der Waals surface area contributed by atoms with Gasteiger partial charge in [-0.05, 0) is 60.5 Å². The summed E-state index contributed by atoms with van der Waals surface area (Å²) in [4.78, 5) is 13.5. The minimum atomic E-state index is -3.52. The third-order valence-electron chi connectivity index (χ3n) is 6.08. The Morgan fingerprint density at radius 2 is 1.29 bits per heavy atom. The molecule has 0 aromatic heterocycles. The lowest BCUT2D eigenvalue weighted by Crippen LogP contribution is -2.37. The molecular weight excluding hydrogens is 478 g/mol. The summed E-state index contributed by atoms with van der Waals surface area (Å²) < 4.78 is 27.5. The molecule has 0 spiro atoms. The number of anilines is 1. The molecule has 0 atom stereocenters. The minimum Gasteiger partial charge on any atom is -0.332 e. The molecule has 3 aromatic rings. The Bertz CT molecular complexity index is 1200. The molecule has 1 saturated heterocycles. The van der Waals surface area contributed by atoms with Gasteiger partial charge in [-0.1, -0.05) is 73.5 Å². The summed E-state index contributed by atoms with van der Waals surface area (Å²) in [6.07, 6.45) is 3.90. The zero-order valence-electron chi connectivity index (χ0n) is 19.4. The van der Waals surface area contributed by atoms with Crippen LogP contribution < -0.4 is 10.6 Å². The fraction of sp³-hybridized carbons (Fsp3) is 0.259. The van der Waals surface area contributed by atoms with E-state index in [0.29, 0.717) is 18.8 Å². The van der Waals surface area contributed by atoms with E-state index in [2.05, 4.69) is 10.6 Å². The molecule has 1 fully saturated rings. The number of hydrogen-bond donors (Lipinski definition) is 2. The number of benzene rings is 3. The van der Waals surface area contributed by atoms with Gasteiger partial charge in [0.1, 0.15) is 0 Å². The van der Waals surface area contributed by atoms with Crippen LogP contribution in [0.4, 0.5) is 5.69 Å². The van der Waals surface area contributed by atoms with Crippen LogP contribution in [0.15, 0.2) is 89.8 Å². The Morgan fingerprint density at radius 1 is 0.771 bits per heavy atom. The molecule has 1 aliphatic heterocycles. The van der Waals surface area contributed by atoms with Crippen LogP contribution in [0.2, 0.25) is 0 Å². The predicted molar refractivity (Wildman–Crippen MR) is 143 cm³/mol. The number of rotatable bonds is 6. The van der Waals surface area contributed by atoms with Crippen molar-refractivity contribution in [3.63, 3.8) is 0 Å². The van der Waals surface area contributed by atoms with Gasteiger partial charge in [-0.25, -0.2) is 8.42 Å². The van der Waals surface area contributed by atoms with Crippen LogP contribution >= 0.6 is 12.2 Å². The standard InChI is InChI=1S/C27H29N3O3S2/c31-26(25(21-11-5-3-6-12-21)22-13-7-4-8-14-22)29-27(34)28-23-15-17-24(18-16-23)35(32,33)30-19-9-1-2-10-20-30/h3-8,11-18,25H,1-2,9-10,19-20H2,(H2,28,29,31,34). The second kappa shape index (κ2) is 11.6. The number of hydrogen-bond acceptors (Lipinski definition) is 4. The largest absolute Gasteiger partial charge is 0.332 e. The highest BCUT2D eigenvalue weighted by atomic mass is 32.2. The molecule has 2 N–H and O–H groups in total. The third-order valence-corrected chi connectivity index (χ3v) is 8.20. The molecule has 0 saturated carbocycles. The summed E-state index contributed by atoms with van der Waals surface area (Å²) in [5, 5.41) is 5.92. The van der Waals surface area contributed by atoms with Crippen molar-refractivity contribution in [1.29, 1.82) is 0 Å². The van der Waals surface area contributed by atoms with Gasteiger partial charge in [0.05, 0.1) is 10.8 Å². The Hall–Kier alpha value is -3.07. The van der Waals surface area contributed by atoms with Gasteiger partial charge in [-0.15, -0.1) is 0 Å². The molecule has 1 amide bonds. The lowest BCUT2D eigenvalue weighted by Gasteiger charge is -2.20. The first kappa shape index (κ1) is 25.0. The Morgan fingerprint density at radius 3 is 1.80 bits per heavy atom. The van der Waals surface area contributed by atoms with E-state index in [1.165, 1.54) is 0 Å². The topological polar surface area (TPSA) is 78.5 Å². The summed E-state index contributed by atoms with van der Waals surface area (Å²) in [6.45, 7) is 1.12. The third kappa shape index (κ3) is 6.33. The van der Waals surface area contributed by atoms with Crippen LogP contribution in [0.5, 0.6) is 0 Å². The Kier molecular flexibility index (Phi) is 8.28. The maximum Gasteiger partial charge on any atom is 0.243 e. The zero-order valence-corrected chi connectivity index (χ0v) is 21.0. The van der Waals surface area contributed by atoms with E-state index in [-0.39, 0.29) is 15.9 Å². The van der Waals surface area contributed by atoms with Gasteiger partial charge < -0.3 is 10.6 Å². The lowest BCUT2D eigenvalue weighted by atomic mass is 9.90. The highest BCUT2D eigenvalue weighted by Gasteiger charge is 2.25. The van der Waals surface area contributed by atoms with Crippen molar-refractivity contribution in [2.75, 3.05) is 18.4 Å². The molecule has 0 aliphatic carbocycles. The first-order chi connectivity index (χ1) is 16.9. The molecule has 0 bridgehead atoms. The second-order valence-corrected chi connectivity index (χ2v) is 10.9.